The van der Waals surface area contributed by atoms with Crippen LogP contribution in [-0.2, 0) is 5.41 Å². The highest BCUT2D eigenvalue weighted by Crippen LogP contribution is 2.28. The maximum Gasteiger partial charge on any atom is 0.0131 e. The fourth-order valence-corrected chi connectivity index (χ4v) is 3.12. The standard InChI is InChI=1S/C21H37N.BrH/c1-4-5-6-7-8-9-10-11-15-18-20(22)21(2,3)19-16-13-12-14-17-19;/h12-14,16-17,20H,4-11,15,18,22H2,1-3H3;1H. The number of hydrogen-bond acceptors (Lipinski definition) is 1. The molecule has 0 saturated carbocycles. The molecule has 0 spiro atoms. The summed E-state index contributed by atoms with van der Waals surface area (Å²) in [6, 6.07) is 11.0. The lowest BCUT2D eigenvalue weighted by Gasteiger charge is -2.32. The van der Waals surface area contributed by atoms with Crippen molar-refractivity contribution >= 4 is 17.0 Å². The van der Waals surface area contributed by atoms with Gasteiger partial charge in [0.25, 0.3) is 0 Å². The van der Waals surface area contributed by atoms with Gasteiger partial charge < -0.3 is 5.73 Å². The molecule has 0 radical (unpaired) electrons. The van der Waals surface area contributed by atoms with Crippen LogP contribution in [0.4, 0.5) is 0 Å². The summed E-state index contributed by atoms with van der Waals surface area (Å²) in [5, 5.41) is 0. The lowest BCUT2D eigenvalue weighted by molar-refractivity contribution is 0.375. The zero-order valence-electron chi connectivity index (χ0n) is 15.5. The average molecular weight is 384 g/mol. The third kappa shape index (κ3) is 8.91. The summed E-state index contributed by atoms with van der Waals surface area (Å²) in [5.41, 5.74) is 7.91. The topological polar surface area (TPSA) is 26.0 Å². The minimum absolute atomic E-state index is 0. The van der Waals surface area contributed by atoms with Gasteiger partial charge in [0, 0.05) is 11.5 Å². The van der Waals surface area contributed by atoms with E-state index in [2.05, 4.69) is 51.1 Å². The number of benzene rings is 1. The zero-order valence-corrected chi connectivity index (χ0v) is 17.2. The maximum atomic E-state index is 6.48. The number of unbranched alkanes of at least 4 members (excludes halogenated alkanes) is 8. The summed E-state index contributed by atoms with van der Waals surface area (Å²) in [5.74, 6) is 0. The van der Waals surface area contributed by atoms with Crippen LogP contribution in [0.25, 0.3) is 0 Å². The third-order valence-electron chi connectivity index (χ3n) is 5.06. The molecule has 0 saturated heterocycles. The van der Waals surface area contributed by atoms with Gasteiger partial charge in [0.1, 0.15) is 0 Å². The molecule has 1 unspecified atom stereocenters. The Hall–Kier alpha value is -0.340. The average Bonchev–Trinajstić information content (AvgIpc) is 2.54. The van der Waals surface area contributed by atoms with Gasteiger partial charge in [-0.25, -0.2) is 0 Å². The van der Waals surface area contributed by atoms with Crippen LogP contribution in [0.5, 0.6) is 0 Å². The SMILES string of the molecule is Br.CCCCCCCCCCCC(N)C(C)(C)c1ccccc1. The van der Waals surface area contributed by atoms with Crippen LogP contribution in [0.3, 0.4) is 0 Å². The van der Waals surface area contributed by atoms with E-state index < -0.39 is 0 Å². The van der Waals surface area contributed by atoms with Crippen molar-refractivity contribution in [1.29, 1.82) is 0 Å². The molecule has 0 aliphatic heterocycles. The largest absolute Gasteiger partial charge is 0.327 e. The van der Waals surface area contributed by atoms with Gasteiger partial charge in [-0.2, -0.15) is 0 Å². The first-order valence-corrected chi connectivity index (χ1v) is 9.40. The van der Waals surface area contributed by atoms with Crippen molar-refractivity contribution in [2.75, 3.05) is 0 Å². The van der Waals surface area contributed by atoms with Gasteiger partial charge >= 0.3 is 0 Å². The highest BCUT2D eigenvalue weighted by molar-refractivity contribution is 8.93. The monoisotopic (exact) mass is 383 g/mol. The molecular weight excluding hydrogens is 346 g/mol. The van der Waals surface area contributed by atoms with Gasteiger partial charge in [-0.05, 0) is 12.0 Å². The van der Waals surface area contributed by atoms with Crippen molar-refractivity contribution in [1.82, 2.24) is 0 Å². The minimum Gasteiger partial charge on any atom is -0.327 e. The van der Waals surface area contributed by atoms with Crippen molar-refractivity contribution in [2.24, 2.45) is 5.73 Å². The molecule has 0 fully saturated rings. The Kier molecular flexibility index (Phi) is 12.8. The molecule has 1 rings (SSSR count). The van der Waals surface area contributed by atoms with Crippen molar-refractivity contribution in [3.63, 3.8) is 0 Å². The number of rotatable bonds is 12. The quantitative estimate of drug-likeness (QED) is 0.395. The molecule has 0 aromatic heterocycles. The van der Waals surface area contributed by atoms with Crippen LogP contribution in [-0.4, -0.2) is 6.04 Å². The normalized spacial score (nSPS) is 12.7. The second-order valence-electron chi connectivity index (χ2n) is 7.31. The fourth-order valence-electron chi connectivity index (χ4n) is 3.12. The lowest BCUT2D eigenvalue weighted by atomic mass is 9.76. The lowest BCUT2D eigenvalue weighted by Crippen LogP contribution is -2.40. The van der Waals surface area contributed by atoms with Crippen LogP contribution in [0, 0.1) is 0 Å². The van der Waals surface area contributed by atoms with E-state index in [-0.39, 0.29) is 28.4 Å². The summed E-state index contributed by atoms with van der Waals surface area (Å²) in [6.45, 7) is 6.83. The Labute approximate surface area is 155 Å². The fraction of sp³-hybridized carbons (Fsp3) is 0.714. The number of hydrogen-bond donors (Lipinski definition) is 1. The molecule has 0 bridgehead atoms. The molecule has 1 aromatic rings. The van der Waals surface area contributed by atoms with Crippen molar-refractivity contribution in [3.05, 3.63) is 35.9 Å². The van der Waals surface area contributed by atoms with Crippen LogP contribution < -0.4 is 5.73 Å². The first-order chi connectivity index (χ1) is 10.6. The van der Waals surface area contributed by atoms with Crippen LogP contribution >= 0.6 is 17.0 Å². The summed E-state index contributed by atoms with van der Waals surface area (Å²) in [7, 11) is 0. The first-order valence-electron chi connectivity index (χ1n) is 9.40. The molecule has 1 aromatic carbocycles. The third-order valence-corrected chi connectivity index (χ3v) is 5.06. The summed E-state index contributed by atoms with van der Waals surface area (Å²) in [4.78, 5) is 0. The Morgan fingerprint density at radius 1 is 0.826 bits per heavy atom. The molecule has 134 valence electrons. The molecule has 0 aliphatic carbocycles. The van der Waals surface area contributed by atoms with E-state index in [9.17, 15) is 0 Å². The van der Waals surface area contributed by atoms with E-state index in [1.165, 1.54) is 63.4 Å². The second-order valence-corrected chi connectivity index (χ2v) is 7.31. The van der Waals surface area contributed by atoms with E-state index in [0.717, 1.165) is 6.42 Å². The van der Waals surface area contributed by atoms with E-state index in [4.69, 9.17) is 5.73 Å². The van der Waals surface area contributed by atoms with Crippen LogP contribution in [0.1, 0.15) is 90.5 Å². The minimum atomic E-state index is 0. The van der Waals surface area contributed by atoms with Crippen LogP contribution in [0.2, 0.25) is 0 Å². The van der Waals surface area contributed by atoms with Crippen molar-refractivity contribution in [3.8, 4) is 0 Å². The molecule has 1 atom stereocenters. The smallest absolute Gasteiger partial charge is 0.0131 e. The highest BCUT2D eigenvalue weighted by Gasteiger charge is 2.27. The molecule has 1 nitrogen and oxygen atoms in total. The Bertz CT molecular complexity index is 375. The Balaban J connectivity index is 0.00000484. The van der Waals surface area contributed by atoms with E-state index in [1.807, 2.05) is 0 Å². The molecule has 23 heavy (non-hydrogen) atoms. The Morgan fingerprint density at radius 2 is 1.30 bits per heavy atom. The molecule has 0 amide bonds. The van der Waals surface area contributed by atoms with Gasteiger partial charge in [-0.3, -0.25) is 0 Å². The van der Waals surface area contributed by atoms with Gasteiger partial charge in [0.05, 0.1) is 0 Å². The van der Waals surface area contributed by atoms with Gasteiger partial charge in [-0.1, -0.05) is 109 Å². The first kappa shape index (κ1) is 22.7. The summed E-state index contributed by atoms with van der Waals surface area (Å²) < 4.78 is 0. The van der Waals surface area contributed by atoms with Crippen molar-refractivity contribution < 1.29 is 0 Å². The predicted molar refractivity (Wildman–Crippen MR) is 110 cm³/mol. The zero-order chi connectivity index (χ0) is 16.3. The van der Waals surface area contributed by atoms with E-state index in [1.54, 1.807) is 0 Å². The molecule has 2 heteroatoms. The molecule has 0 heterocycles. The second kappa shape index (κ2) is 13.0. The summed E-state index contributed by atoms with van der Waals surface area (Å²) in [6.07, 6.45) is 13.5. The van der Waals surface area contributed by atoms with Gasteiger partial charge in [0.2, 0.25) is 0 Å². The van der Waals surface area contributed by atoms with Gasteiger partial charge in [0.15, 0.2) is 0 Å². The van der Waals surface area contributed by atoms with Crippen molar-refractivity contribution in [2.45, 2.75) is 96.4 Å². The maximum absolute atomic E-state index is 6.48. The van der Waals surface area contributed by atoms with E-state index in [0.29, 0.717) is 0 Å². The van der Waals surface area contributed by atoms with E-state index >= 15 is 0 Å². The molecular formula is C21H38BrN. The number of nitrogens with two attached hydrogens (primary N) is 1. The van der Waals surface area contributed by atoms with Crippen LogP contribution in [0.15, 0.2) is 30.3 Å². The molecule has 2 N–H and O–H groups in total. The summed E-state index contributed by atoms with van der Waals surface area (Å²) >= 11 is 0. The number of halogens is 1. The van der Waals surface area contributed by atoms with Gasteiger partial charge in [-0.15, -0.1) is 17.0 Å². The Morgan fingerprint density at radius 3 is 1.83 bits per heavy atom. The highest BCUT2D eigenvalue weighted by atomic mass is 79.9. The predicted octanol–water partition coefficient (Wildman–Crippen LogP) is 6.79. The molecule has 0 aliphatic rings.